The van der Waals surface area contributed by atoms with Gasteiger partial charge < -0.3 is 5.32 Å². The number of carbonyl (C=O) groups is 1. The molecule has 0 spiro atoms. The summed E-state index contributed by atoms with van der Waals surface area (Å²) in [5.41, 5.74) is 3.25. The summed E-state index contributed by atoms with van der Waals surface area (Å²) in [6.45, 7) is 8.51. The third kappa shape index (κ3) is 4.84. The van der Waals surface area contributed by atoms with Crippen LogP contribution in [0.2, 0.25) is 0 Å². The summed E-state index contributed by atoms with van der Waals surface area (Å²) in [6, 6.07) is 12.4. The van der Waals surface area contributed by atoms with Crippen LogP contribution in [-0.4, -0.2) is 11.7 Å². The first-order valence-corrected chi connectivity index (χ1v) is 9.18. The number of benzene rings is 2. The lowest BCUT2D eigenvalue weighted by Gasteiger charge is -2.20. The van der Waals surface area contributed by atoms with Gasteiger partial charge in [-0.1, -0.05) is 45.9 Å². The van der Waals surface area contributed by atoms with Crippen LogP contribution in [0.25, 0.3) is 0 Å². The third-order valence-corrected chi connectivity index (χ3v) is 4.83. The highest BCUT2D eigenvalue weighted by molar-refractivity contribution is 8.00. The average Bonchev–Trinajstić information content (AvgIpc) is 2.54. The lowest BCUT2D eigenvalue weighted by molar-refractivity contribution is -0.113. The van der Waals surface area contributed by atoms with E-state index in [0.29, 0.717) is 17.6 Å². The molecular weight excluding hydrogens is 321 g/mol. The number of anilines is 1. The Balaban J connectivity index is 2.11. The molecule has 0 aliphatic rings. The van der Waals surface area contributed by atoms with E-state index in [2.05, 4.69) is 45.1 Å². The molecule has 0 aliphatic heterocycles. The quantitative estimate of drug-likeness (QED) is 0.670. The van der Waals surface area contributed by atoms with Gasteiger partial charge in [0.05, 0.1) is 5.75 Å². The number of para-hydroxylation sites is 1. The summed E-state index contributed by atoms with van der Waals surface area (Å²) < 4.78 is 12.9. The van der Waals surface area contributed by atoms with Gasteiger partial charge >= 0.3 is 0 Å². The van der Waals surface area contributed by atoms with Crippen LogP contribution in [0.15, 0.2) is 47.4 Å². The molecule has 2 nitrogen and oxygen atoms in total. The molecule has 1 amide bonds. The summed E-state index contributed by atoms with van der Waals surface area (Å²) in [6.07, 6.45) is 0. The Bertz CT molecular complexity index is 669. The van der Waals surface area contributed by atoms with Gasteiger partial charge in [0.2, 0.25) is 5.91 Å². The molecule has 0 atom stereocenters. The number of carbonyl (C=O) groups excluding carboxylic acids is 1. The molecule has 0 fully saturated rings. The zero-order valence-corrected chi connectivity index (χ0v) is 15.4. The maximum absolute atomic E-state index is 12.9. The van der Waals surface area contributed by atoms with Gasteiger partial charge in [0.15, 0.2) is 0 Å². The van der Waals surface area contributed by atoms with E-state index in [1.807, 2.05) is 6.07 Å². The molecule has 24 heavy (non-hydrogen) atoms. The van der Waals surface area contributed by atoms with Gasteiger partial charge in [-0.05, 0) is 47.2 Å². The topological polar surface area (TPSA) is 29.1 Å². The average molecular weight is 345 g/mol. The Labute approximate surface area is 147 Å². The van der Waals surface area contributed by atoms with E-state index >= 15 is 0 Å². The Morgan fingerprint density at radius 2 is 1.54 bits per heavy atom. The van der Waals surface area contributed by atoms with E-state index in [9.17, 15) is 9.18 Å². The van der Waals surface area contributed by atoms with Crippen molar-refractivity contribution < 1.29 is 9.18 Å². The summed E-state index contributed by atoms with van der Waals surface area (Å²) >= 11 is 1.41. The predicted octanol–water partition coefficient (Wildman–Crippen LogP) is 5.80. The van der Waals surface area contributed by atoms with Crippen molar-refractivity contribution in [2.75, 3.05) is 11.1 Å². The fourth-order valence-electron chi connectivity index (χ4n) is 2.55. The third-order valence-electron chi connectivity index (χ3n) is 3.82. The van der Waals surface area contributed by atoms with Crippen LogP contribution in [0.5, 0.6) is 0 Å². The van der Waals surface area contributed by atoms with Gasteiger partial charge in [-0.15, -0.1) is 11.8 Å². The fraction of sp³-hybridized carbons (Fsp3) is 0.350. The molecule has 128 valence electrons. The first kappa shape index (κ1) is 18.5. The molecule has 0 saturated heterocycles. The molecule has 4 heteroatoms. The van der Waals surface area contributed by atoms with Gasteiger partial charge in [-0.3, -0.25) is 4.79 Å². The van der Waals surface area contributed by atoms with Crippen molar-refractivity contribution >= 4 is 23.4 Å². The van der Waals surface area contributed by atoms with Crippen molar-refractivity contribution in [2.24, 2.45) is 0 Å². The maximum Gasteiger partial charge on any atom is 0.234 e. The number of nitrogens with one attached hydrogen (secondary N) is 1. The van der Waals surface area contributed by atoms with E-state index in [1.165, 1.54) is 23.9 Å². The van der Waals surface area contributed by atoms with Crippen molar-refractivity contribution in [2.45, 2.75) is 44.4 Å². The molecule has 0 heterocycles. The summed E-state index contributed by atoms with van der Waals surface area (Å²) in [4.78, 5) is 13.3. The number of rotatable bonds is 6. The summed E-state index contributed by atoms with van der Waals surface area (Å²) in [5, 5.41) is 3.09. The largest absolute Gasteiger partial charge is 0.325 e. The number of hydrogen-bond acceptors (Lipinski definition) is 2. The van der Waals surface area contributed by atoms with Crippen LogP contribution in [0.4, 0.5) is 10.1 Å². The van der Waals surface area contributed by atoms with E-state index in [-0.39, 0.29) is 11.7 Å². The molecule has 1 N–H and O–H groups in total. The Hall–Kier alpha value is -1.81. The lowest BCUT2D eigenvalue weighted by Crippen LogP contribution is -2.17. The van der Waals surface area contributed by atoms with E-state index in [4.69, 9.17) is 0 Å². The monoisotopic (exact) mass is 345 g/mol. The summed E-state index contributed by atoms with van der Waals surface area (Å²) in [5.74, 6) is 0.665. The van der Waals surface area contributed by atoms with Crippen molar-refractivity contribution in [3.05, 3.63) is 59.4 Å². The number of hydrogen-bond donors (Lipinski definition) is 1. The Morgan fingerprint density at radius 3 is 2.04 bits per heavy atom. The highest BCUT2D eigenvalue weighted by Gasteiger charge is 2.16. The number of amides is 1. The van der Waals surface area contributed by atoms with Crippen LogP contribution in [0.3, 0.4) is 0 Å². The second kappa shape index (κ2) is 8.34. The van der Waals surface area contributed by atoms with Crippen LogP contribution in [0.1, 0.15) is 50.7 Å². The van der Waals surface area contributed by atoms with E-state index < -0.39 is 0 Å². The highest BCUT2D eigenvalue weighted by atomic mass is 32.2. The van der Waals surface area contributed by atoms with Gasteiger partial charge in [0.25, 0.3) is 0 Å². The molecule has 0 aliphatic carbocycles. The zero-order chi connectivity index (χ0) is 17.7. The molecule has 0 bridgehead atoms. The van der Waals surface area contributed by atoms with Crippen molar-refractivity contribution in [3.63, 3.8) is 0 Å². The minimum atomic E-state index is -0.267. The smallest absolute Gasteiger partial charge is 0.234 e. The molecule has 0 radical (unpaired) electrons. The highest BCUT2D eigenvalue weighted by Crippen LogP contribution is 2.32. The van der Waals surface area contributed by atoms with Crippen molar-refractivity contribution in [3.8, 4) is 0 Å². The van der Waals surface area contributed by atoms with Gasteiger partial charge in [-0.25, -0.2) is 4.39 Å². The molecule has 0 aromatic heterocycles. The van der Waals surface area contributed by atoms with Gasteiger partial charge in [0, 0.05) is 10.6 Å². The first-order chi connectivity index (χ1) is 11.4. The predicted molar refractivity (Wildman–Crippen MR) is 100 cm³/mol. The molecular formula is C20H24FNOS. The van der Waals surface area contributed by atoms with E-state index in [1.54, 1.807) is 12.1 Å². The van der Waals surface area contributed by atoms with Crippen LogP contribution in [0, 0.1) is 5.82 Å². The second-order valence-corrected chi connectivity index (χ2v) is 7.46. The minimum absolute atomic E-state index is 0.0423. The number of thioether (sulfide) groups is 1. The standard InChI is InChI=1S/C20H24FNOS/c1-13(2)17-6-5-7-18(14(3)4)20(17)22-19(23)12-24-16-10-8-15(21)9-11-16/h5-11,13-14H,12H2,1-4H3,(H,22,23). The Kier molecular flexibility index (Phi) is 6.44. The van der Waals surface area contributed by atoms with Crippen LogP contribution in [-0.2, 0) is 4.79 Å². The summed E-state index contributed by atoms with van der Waals surface area (Å²) in [7, 11) is 0. The normalized spacial score (nSPS) is 11.1. The van der Waals surface area contributed by atoms with E-state index in [0.717, 1.165) is 21.7 Å². The van der Waals surface area contributed by atoms with Crippen LogP contribution >= 0.6 is 11.8 Å². The molecule has 2 aromatic carbocycles. The lowest BCUT2D eigenvalue weighted by atomic mass is 9.92. The number of halogens is 1. The van der Waals surface area contributed by atoms with Crippen molar-refractivity contribution in [1.82, 2.24) is 0 Å². The van der Waals surface area contributed by atoms with Crippen molar-refractivity contribution in [1.29, 1.82) is 0 Å². The Morgan fingerprint density at radius 1 is 1.00 bits per heavy atom. The molecule has 0 saturated carbocycles. The molecule has 2 rings (SSSR count). The fourth-order valence-corrected chi connectivity index (χ4v) is 3.25. The minimum Gasteiger partial charge on any atom is -0.325 e. The molecule has 0 unspecified atom stereocenters. The second-order valence-electron chi connectivity index (χ2n) is 6.41. The SMILES string of the molecule is CC(C)c1cccc(C(C)C)c1NC(=O)CSc1ccc(F)cc1. The maximum atomic E-state index is 12.9. The van der Waals surface area contributed by atoms with Crippen LogP contribution < -0.4 is 5.32 Å². The van der Waals surface area contributed by atoms with Gasteiger partial charge in [0.1, 0.15) is 5.82 Å². The molecule has 2 aromatic rings. The zero-order valence-electron chi connectivity index (χ0n) is 14.6. The first-order valence-electron chi connectivity index (χ1n) is 8.19. The van der Waals surface area contributed by atoms with Gasteiger partial charge in [-0.2, -0.15) is 0 Å².